The van der Waals surface area contributed by atoms with E-state index in [-0.39, 0.29) is 45.3 Å². The van der Waals surface area contributed by atoms with Crippen LogP contribution in [0.4, 0.5) is 0 Å². The van der Waals surface area contributed by atoms with Crippen LogP contribution in [-0.4, -0.2) is 68.1 Å². The number of ether oxygens (including phenoxy) is 1. The number of carbonyl (C=O) groups excluding carboxylic acids is 1. The van der Waals surface area contributed by atoms with E-state index in [1.165, 1.54) is 0 Å². The highest BCUT2D eigenvalue weighted by Crippen LogP contribution is 2.61. The van der Waals surface area contributed by atoms with Crippen molar-refractivity contribution in [3.05, 3.63) is 115 Å². The molecule has 9 nitrogen and oxygen atoms in total. The molecular weight excluding hydrogens is 913 g/mol. The highest BCUT2D eigenvalue weighted by atomic mass is 16.5. The molecule has 0 amide bonds. The van der Waals surface area contributed by atoms with Crippen LogP contribution in [0.2, 0.25) is 0 Å². The first kappa shape index (κ1) is 61.0. The second kappa shape index (κ2) is 19.9. The summed E-state index contributed by atoms with van der Waals surface area (Å²) in [4.78, 5) is 17.3. The third-order valence-electron chi connectivity index (χ3n) is 14.9. The van der Waals surface area contributed by atoms with E-state index >= 15 is 4.79 Å². The first-order valence-electron chi connectivity index (χ1n) is 26.2. The average Bonchev–Trinajstić information content (AvgIpc) is 3.21. The molecular formula is C64H96O9. The van der Waals surface area contributed by atoms with E-state index in [0.29, 0.717) is 22.3 Å². The SMILES string of the molecule is CC(C)(C)c1cc(C(c2cc(C(C)(C)C)cc(C(C)(C)C)c2O)C(C(=O)OCC(CO)(CO)CO)(c2cc(C(C)(C)C)cc(C(C)(C)C)c2O)c2cc(C(C)(C)C)cc(C(C)(C)C)c2O)c(O)c(C(C)(C)C)c1. The van der Waals surface area contributed by atoms with Crippen LogP contribution in [0.15, 0.2) is 48.5 Å². The van der Waals surface area contributed by atoms with Gasteiger partial charge in [0.1, 0.15) is 35.0 Å². The van der Waals surface area contributed by atoms with E-state index in [2.05, 4.69) is 41.5 Å². The van der Waals surface area contributed by atoms with Crippen molar-refractivity contribution < 1.29 is 45.3 Å². The topological polar surface area (TPSA) is 168 Å². The quantitative estimate of drug-likeness (QED) is 0.0724. The smallest absolute Gasteiger partial charge is 0.322 e. The van der Waals surface area contributed by atoms with Crippen LogP contribution < -0.4 is 0 Å². The Kier molecular flexibility index (Phi) is 16.6. The maximum Gasteiger partial charge on any atom is 0.322 e. The first-order chi connectivity index (χ1) is 32.7. The molecule has 4 aromatic rings. The number of aliphatic hydroxyl groups is 3. The largest absolute Gasteiger partial charge is 0.507 e. The summed E-state index contributed by atoms with van der Waals surface area (Å²) in [5.41, 5.74) is -3.65. The Balaban J connectivity index is 2.84. The zero-order valence-electron chi connectivity index (χ0n) is 49.5. The van der Waals surface area contributed by atoms with E-state index < -0.39 is 92.5 Å². The minimum atomic E-state index is -2.48. The molecule has 73 heavy (non-hydrogen) atoms. The summed E-state index contributed by atoms with van der Waals surface area (Å²) in [5.74, 6) is -3.40. The van der Waals surface area contributed by atoms with Crippen molar-refractivity contribution in [2.75, 3.05) is 26.4 Å². The van der Waals surface area contributed by atoms with Gasteiger partial charge in [-0.25, -0.2) is 0 Å². The number of phenolic OH excluding ortho intramolecular Hbond substituents is 4. The highest BCUT2D eigenvalue weighted by Gasteiger charge is 2.58. The van der Waals surface area contributed by atoms with Gasteiger partial charge in [-0.05, 0) is 87.8 Å². The molecule has 0 spiro atoms. The molecule has 0 radical (unpaired) electrons. The van der Waals surface area contributed by atoms with Gasteiger partial charge in [0.25, 0.3) is 0 Å². The summed E-state index contributed by atoms with van der Waals surface area (Å²) in [5, 5.41) is 86.8. The van der Waals surface area contributed by atoms with E-state index in [0.717, 1.165) is 22.3 Å². The zero-order valence-corrected chi connectivity index (χ0v) is 49.5. The normalized spacial score (nSPS) is 14.0. The van der Waals surface area contributed by atoms with Gasteiger partial charge in [-0.1, -0.05) is 215 Å². The Morgan fingerprint density at radius 2 is 0.603 bits per heavy atom. The van der Waals surface area contributed by atoms with E-state index in [9.17, 15) is 35.7 Å². The molecule has 9 heteroatoms. The minimum absolute atomic E-state index is 0.0411. The fourth-order valence-corrected chi connectivity index (χ4v) is 9.69. The van der Waals surface area contributed by atoms with Crippen molar-refractivity contribution in [1.82, 2.24) is 0 Å². The lowest BCUT2D eigenvalue weighted by molar-refractivity contribution is -0.157. The lowest BCUT2D eigenvalue weighted by atomic mass is 9.57. The predicted molar refractivity (Wildman–Crippen MR) is 299 cm³/mol. The lowest BCUT2D eigenvalue weighted by Crippen LogP contribution is -2.48. The first-order valence-corrected chi connectivity index (χ1v) is 26.2. The molecule has 0 bridgehead atoms. The molecule has 0 aliphatic carbocycles. The maximum atomic E-state index is 17.3. The van der Waals surface area contributed by atoms with Crippen molar-refractivity contribution in [2.45, 2.75) is 221 Å². The Morgan fingerprint density at radius 1 is 0.370 bits per heavy atom. The third kappa shape index (κ3) is 12.1. The van der Waals surface area contributed by atoms with Crippen LogP contribution >= 0.6 is 0 Å². The lowest BCUT2D eigenvalue weighted by Gasteiger charge is -2.45. The second-order valence-electron chi connectivity index (χ2n) is 29.6. The number of hydrogen-bond donors (Lipinski definition) is 7. The number of phenols is 4. The Morgan fingerprint density at radius 3 is 0.836 bits per heavy atom. The number of esters is 1. The van der Waals surface area contributed by atoms with Gasteiger partial charge >= 0.3 is 5.97 Å². The molecule has 4 aromatic carbocycles. The van der Waals surface area contributed by atoms with Crippen LogP contribution in [0.3, 0.4) is 0 Å². The zero-order chi connectivity index (χ0) is 56.6. The highest BCUT2D eigenvalue weighted by molar-refractivity contribution is 5.94. The Labute approximate surface area is 440 Å². The summed E-state index contributed by atoms with van der Waals surface area (Å²) in [6, 6.07) is 15.3. The number of carbonyl (C=O) groups is 1. The summed E-state index contributed by atoms with van der Waals surface area (Å²) in [6.07, 6.45) is 0. The van der Waals surface area contributed by atoms with Crippen LogP contribution in [0, 0.1) is 5.41 Å². The fraction of sp³-hybridized carbons (Fsp3) is 0.609. The van der Waals surface area contributed by atoms with Crippen molar-refractivity contribution >= 4 is 5.97 Å². The molecule has 0 saturated heterocycles. The van der Waals surface area contributed by atoms with Crippen molar-refractivity contribution in [2.24, 2.45) is 5.41 Å². The second-order valence-corrected chi connectivity index (χ2v) is 29.6. The molecule has 0 aliphatic rings. The van der Waals surface area contributed by atoms with Gasteiger partial charge in [0.05, 0.1) is 25.2 Å². The molecule has 0 aliphatic heterocycles. The number of rotatable bonds is 11. The van der Waals surface area contributed by atoms with Gasteiger partial charge in [0, 0.05) is 28.2 Å². The minimum Gasteiger partial charge on any atom is -0.507 e. The summed E-state index contributed by atoms with van der Waals surface area (Å²) in [7, 11) is 0. The summed E-state index contributed by atoms with van der Waals surface area (Å²) < 4.78 is 6.66. The number of benzene rings is 4. The van der Waals surface area contributed by atoms with Crippen LogP contribution in [0.1, 0.15) is 239 Å². The van der Waals surface area contributed by atoms with E-state index in [1.54, 1.807) is 12.1 Å². The Bertz CT molecular complexity index is 2490. The number of aliphatic hydroxyl groups excluding tert-OH is 3. The molecule has 7 N–H and O–H groups in total. The van der Waals surface area contributed by atoms with Gasteiger partial charge in [0.15, 0.2) is 0 Å². The molecule has 0 aromatic heterocycles. The van der Waals surface area contributed by atoms with Crippen LogP contribution in [0.25, 0.3) is 0 Å². The van der Waals surface area contributed by atoms with Crippen molar-refractivity contribution in [3.8, 4) is 23.0 Å². The van der Waals surface area contributed by atoms with Crippen LogP contribution in [-0.2, 0) is 58.3 Å². The molecule has 0 heterocycles. The molecule has 0 atom stereocenters. The number of hydrogen-bond acceptors (Lipinski definition) is 9. The monoisotopic (exact) mass is 1010 g/mol. The molecule has 0 saturated carbocycles. The van der Waals surface area contributed by atoms with Gasteiger partial charge < -0.3 is 40.5 Å². The van der Waals surface area contributed by atoms with E-state index in [1.807, 2.05) is 161 Å². The average molecular weight is 1010 g/mol. The fourth-order valence-electron chi connectivity index (χ4n) is 9.69. The van der Waals surface area contributed by atoms with Crippen molar-refractivity contribution in [3.63, 3.8) is 0 Å². The van der Waals surface area contributed by atoms with Gasteiger partial charge in [-0.2, -0.15) is 0 Å². The third-order valence-corrected chi connectivity index (χ3v) is 14.9. The molecule has 4 rings (SSSR count). The van der Waals surface area contributed by atoms with Gasteiger partial charge in [-0.3, -0.25) is 4.79 Å². The molecule has 406 valence electrons. The van der Waals surface area contributed by atoms with Crippen molar-refractivity contribution in [1.29, 1.82) is 0 Å². The summed E-state index contributed by atoms with van der Waals surface area (Å²) >= 11 is 0. The van der Waals surface area contributed by atoms with E-state index in [4.69, 9.17) is 4.74 Å². The molecule has 0 unspecified atom stereocenters. The maximum absolute atomic E-state index is 17.3. The van der Waals surface area contributed by atoms with Gasteiger partial charge in [-0.15, -0.1) is 0 Å². The Hall–Kier alpha value is -4.57. The predicted octanol–water partition coefficient (Wildman–Crippen LogP) is 13.5. The van der Waals surface area contributed by atoms with Gasteiger partial charge in [0.2, 0.25) is 0 Å². The molecule has 0 fully saturated rings. The number of aromatic hydroxyl groups is 4. The van der Waals surface area contributed by atoms with Crippen LogP contribution in [0.5, 0.6) is 23.0 Å². The summed E-state index contributed by atoms with van der Waals surface area (Å²) in [6.45, 7) is 45.6. The standard InChI is InChI=1S/C64H96O9/c1-55(2,3)37-25-41(50(68)43(27-37)59(13,14)15)49(42-26-38(56(4,5)6)28-44(51(42)69)60(16,17)18)64(54(72)73-36-63(33-65,34-66)35-67,47-31-39(57(7,8)9)29-45(52(47)70)61(19,20)21)48-32-40(58(10,11)12)30-46(53(48)71)62(22,23)24/h25-32,49,65-71H,33-36H2,1-24H3.